The van der Waals surface area contributed by atoms with E-state index in [1.165, 1.54) is 5.56 Å². The van der Waals surface area contributed by atoms with E-state index in [-0.39, 0.29) is 0 Å². The van der Waals surface area contributed by atoms with Gasteiger partial charge in [0.25, 0.3) is 0 Å². The third-order valence-electron chi connectivity index (χ3n) is 6.23. The smallest absolute Gasteiger partial charge is 0.154 e. The fourth-order valence-corrected chi connectivity index (χ4v) is 4.99. The molecule has 3 aromatic carbocycles. The number of benzene rings is 3. The number of allylic oxidation sites excluding steroid dienone is 3. The van der Waals surface area contributed by atoms with Gasteiger partial charge in [-0.1, -0.05) is 72.3 Å². The first-order valence-corrected chi connectivity index (χ1v) is 10.3. The quantitative estimate of drug-likeness (QED) is 0.552. The molecule has 2 heteroatoms. The van der Waals surface area contributed by atoms with Crippen molar-refractivity contribution < 1.29 is 5.11 Å². The number of aliphatic imine (C=N–C) groups is 1. The van der Waals surface area contributed by atoms with Gasteiger partial charge in [0.05, 0.1) is 11.4 Å². The van der Waals surface area contributed by atoms with Gasteiger partial charge < -0.3 is 5.11 Å². The molecule has 0 aromatic heterocycles. The molecule has 0 amide bonds. The number of aryl methyl sites for hydroxylation is 3. The lowest BCUT2D eigenvalue weighted by Crippen LogP contribution is -2.35. The largest absolute Gasteiger partial charge is 0.375 e. The molecule has 0 saturated carbocycles. The van der Waals surface area contributed by atoms with Crippen molar-refractivity contribution in [2.24, 2.45) is 4.99 Å². The van der Waals surface area contributed by atoms with E-state index in [4.69, 9.17) is 4.99 Å². The minimum Gasteiger partial charge on any atom is -0.375 e. The second-order valence-electron chi connectivity index (χ2n) is 8.29. The Bertz CT molecular complexity index is 1220. The molecule has 0 aliphatic heterocycles. The Morgan fingerprint density at radius 3 is 2.38 bits per heavy atom. The average Bonchev–Trinajstić information content (AvgIpc) is 2.97. The van der Waals surface area contributed by atoms with Gasteiger partial charge in [0.2, 0.25) is 0 Å². The van der Waals surface area contributed by atoms with Crippen molar-refractivity contribution in [3.63, 3.8) is 0 Å². The van der Waals surface area contributed by atoms with Crippen LogP contribution in [0.25, 0.3) is 10.8 Å². The summed E-state index contributed by atoms with van der Waals surface area (Å²) in [5, 5.41) is 14.5. The summed E-state index contributed by atoms with van der Waals surface area (Å²) >= 11 is 0. The van der Waals surface area contributed by atoms with Gasteiger partial charge in [0.1, 0.15) is 0 Å². The molecule has 3 aromatic rings. The van der Waals surface area contributed by atoms with Crippen molar-refractivity contribution >= 4 is 22.2 Å². The topological polar surface area (TPSA) is 32.6 Å². The second-order valence-corrected chi connectivity index (χ2v) is 8.29. The highest BCUT2D eigenvalue weighted by molar-refractivity contribution is 6.24. The maximum Gasteiger partial charge on any atom is 0.154 e. The zero-order valence-electron chi connectivity index (χ0n) is 17.2. The van der Waals surface area contributed by atoms with Crippen LogP contribution in [0.2, 0.25) is 0 Å². The third kappa shape index (κ3) is 2.63. The Labute approximate surface area is 171 Å². The minimum atomic E-state index is -1.20. The Hall–Kier alpha value is -2.97. The van der Waals surface area contributed by atoms with Gasteiger partial charge in [-0.3, -0.25) is 0 Å². The molecule has 0 saturated heterocycles. The normalized spacial score (nSPS) is 21.8. The number of hydrogen-bond donors (Lipinski definition) is 1. The fraction of sp³-hybridized carbons (Fsp3) is 0.222. The summed E-state index contributed by atoms with van der Waals surface area (Å²) in [5.74, 6) is 0. The molecule has 2 nitrogen and oxygen atoms in total. The predicted octanol–water partition coefficient (Wildman–Crippen LogP) is 6.36. The zero-order chi connectivity index (χ0) is 20.2. The van der Waals surface area contributed by atoms with Crippen LogP contribution in [0.15, 0.2) is 77.3 Å². The maximum absolute atomic E-state index is 12.3. The first kappa shape index (κ1) is 18.1. The highest BCUT2D eigenvalue weighted by Crippen LogP contribution is 2.48. The molecule has 2 aliphatic carbocycles. The van der Waals surface area contributed by atoms with E-state index in [1.807, 2.05) is 6.07 Å². The summed E-state index contributed by atoms with van der Waals surface area (Å²) in [6, 6.07) is 16.8. The summed E-state index contributed by atoms with van der Waals surface area (Å²) in [4.78, 5) is 5.17. The number of hydrogen-bond acceptors (Lipinski definition) is 2. The molecular formula is C27H25NO. The van der Waals surface area contributed by atoms with Gasteiger partial charge >= 0.3 is 0 Å². The SMILES string of the molecule is Cc1cc(C)c(/N=C2\c3cccc4cccc(c34)C2(O)C2=CC=CCC2)c(C)c1. The summed E-state index contributed by atoms with van der Waals surface area (Å²) in [6.45, 7) is 6.31. The van der Waals surface area contributed by atoms with E-state index < -0.39 is 5.60 Å². The average molecular weight is 380 g/mol. The first-order chi connectivity index (χ1) is 14.0. The van der Waals surface area contributed by atoms with Crippen LogP contribution >= 0.6 is 0 Å². The Kier molecular flexibility index (Phi) is 4.07. The molecule has 144 valence electrons. The van der Waals surface area contributed by atoms with Crippen molar-refractivity contribution in [2.75, 3.05) is 0 Å². The van der Waals surface area contributed by atoms with Crippen LogP contribution in [0, 0.1) is 20.8 Å². The first-order valence-electron chi connectivity index (χ1n) is 10.3. The van der Waals surface area contributed by atoms with E-state index in [0.29, 0.717) is 0 Å². The molecule has 1 N–H and O–H groups in total. The number of rotatable bonds is 2. The van der Waals surface area contributed by atoms with Crippen LogP contribution in [0.1, 0.15) is 40.7 Å². The van der Waals surface area contributed by atoms with Crippen LogP contribution in [-0.4, -0.2) is 10.8 Å². The van der Waals surface area contributed by atoms with Gasteiger partial charge in [-0.2, -0.15) is 0 Å². The van der Waals surface area contributed by atoms with Crippen molar-refractivity contribution in [1.82, 2.24) is 0 Å². The minimum absolute atomic E-state index is 0.751. The fourth-order valence-electron chi connectivity index (χ4n) is 4.99. The van der Waals surface area contributed by atoms with Crippen molar-refractivity contribution in [2.45, 2.75) is 39.2 Å². The van der Waals surface area contributed by atoms with Crippen molar-refractivity contribution in [3.05, 3.63) is 100 Å². The third-order valence-corrected chi connectivity index (χ3v) is 6.23. The Morgan fingerprint density at radius 1 is 0.966 bits per heavy atom. The van der Waals surface area contributed by atoms with Gasteiger partial charge in [-0.15, -0.1) is 0 Å². The molecule has 5 rings (SSSR count). The molecule has 2 aliphatic rings. The lowest BCUT2D eigenvalue weighted by Gasteiger charge is -2.30. The molecule has 0 bridgehead atoms. The Morgan fingerprint density at radius 2 is 1.69 bits per heavy atom. The zero-order valence-corrected chi connectivity index (χ0v) is 17.2. The van der Waals surface area contributed by atoms with Crippen LogP contribution in [-0.2, 0) is 5.60 Å². The van der Waals surface area contributed by atoms with Crippen LogP contribution in [0.4, 0.5) is 5.69 Å². The van der Waals surface area contributed by atoms with Gasteiger partial charge in [-0.25, -0.2) is 4.99 Å². The summed E-state index contributed by atoms with van der Waals surface area (Å²) < 4.78 is 0. The summed E-state index contributed by atoms with van der Waals surface area (Å²) in [5.41, 5.74) is 7.03. The molecule has 1 unspecified atom stereocenters. The monoisotopic (exact) mass is 379 g/mol. The number of nitrogens with zero attached hydrogens (tertiary/aromatic N) is 1. The van der Waals surface area contributed by atoms with Crippen molar-refractivity contribution in [1.29, 1.82) is 0 Å². The Balaban J connectivity index is 1.85. The van der Waals surface area contributed by atoms with E-state index in [1.54, 1.807) is 0 Å². The van der Waals surface area contributed by atoms with E-state index in [0.717, 1.165) is 62.8 Å². The predicted molar refractivity (Wildman–Crippen MR) is 121 cm³/mol. The standard InChI is InChI=1S/C27H25NO/c1-17-15-18(2)25(19(3)16-17)28-26-22-13-7-9-20-10-8-14-23(24(20)22)27(26,29)21-11-5-4-6-12-21/h4-5,7-11,13-16,29H,6,12H2,1-3H3/b28-26+. The lowest BCUT2D eigenvalue weighted by molar-refractivity contribution is 0.151. The molecule has 0 heterocycles. The van der Waals surface area contributed by atoms with Gasteiger partial charge in [0, 0.05) is 11.1 Å². The number of aliphatic hydroxyl groups is 1. The highest BCUT2D eigenvalue weighted by Gasteiger charge is 2.46. The van der Waals surface area contributed by atoms with E-state index in [2.05, 4.69) is 81.5 Å². The summed E-state index contributed by atoms with van der Waals surface area (Å²) in [6.07, 6.45) is 8.05. The van der Waals surface area contributed by atoms with Crippen LogP contribution < -0.4 is 0 Å². The summed E-state index contributed by atoms with van der Waals surface area (Å²) in [7, 11) is 0. The van der Waals surface area contributed by atoms with Crippen LogP contribution in [0.3, 0.4) is 0 Å². The molecule has 0 spiro atoms. The van der Waals surface area contributed by atoms with Crippen molar-refractivity contribution in [3.8, 4) is 0 Å². The van der Waals surface area contributed by atoms with E-state index in [9.17, 15) is 5.11 Å². The van der Waals surface area contributed by atoms with Crippen LogP contribution in [0.5, 0.6) is 0 Å². The lowest BCUT2D eigenvalue weighted by atomic mass is 9.81. The maximum atomic E-state index is 12.3. The molecule has 0 fully saturated rings. The highest BCUT2D eigenvalue weighted by atomic mass is 16.3. The molecule has 29 heavy (non-hydrogen) atoms. The van der Waals surface area contributed by atoms with Gasteiger partial charge in [0.15, 0.2) is 5.60 Å². The van der Waals surface area contributed by atoms with Gasteiger partial charge in [-0.05, 0) is 61.1 Å². The molecule has 1 atom stereocenters. The molecular weight excluding hydrogens is 354 g/mol. The molecule has 0 radical (unpaired) electrons. The second kappa shape index (κ2) is 6.53. The van der Waals surface area contributed by atoms with E-state index >= 15 is 0 Å².